The van der Waals surface area contributed by atoms with Gasteiger partial charge in [-0.05, 0) is 102 Å². The predicted molar refractivity (Wildman–Crippen MR) is 245 cm³/mol. The van der Waals surface area contributed by atoms with Gasteiger partial charge in [0.15, 0.2) is 6.29 Å². The third kappa shape index (κ3) is 12.1. The van der Waals surface area contributed by atoms with Crippen LogP contribution in [-0.4, -0.2) is 12.9 Å². The van der Waals surface area contributed by atoms with E-state index in [1.54, 1.807) is 0 Å². The van der Waals surface area contributed by atoms with Gasteiger partial charge < -0.3 is 9.64 Å². The van der Waals surface area contributed by atoms with Crippen LogP contribution in [0.5, 0.6) is 5.75 Å². The summed E-state index contributed by atoms with van der Waals surface area (Å²) in [6.07, 6.45) is 18.1. The van der Waals surface area contributed by atoms with Crippen molar-refractivity contribution in [1.82, 2.24) is 0 Å². The van der Waals surface area contributed by atoms with Crippen molar-refractivity contribution >= 4 is 59.8 Å². The van der Waals surface area contributed by atoms with E-state index in [0.717, 1.165) is 69.3 Å². The Morgan fingerprint density at radius 2 is 0.982 bits per heavy atom. The molecule has 0 saturated heterocycles. The molecule has 0 amide bonds. The van der Waals surface area contributed by atoms with Gasteiger partial charge in [0.25, 0.3) is 0 Å². The molecule has 1 atom stereocenters. The average molecular weight is 750 g/mol. The largest absolute Gasteiger partial charge is 0.493 e. The van der Waals surface area contributed by atoms with E-state index >= 15 is 0 Å². The van der Waals surface area contributed by atoms with Gasteiger partial charge in [0.2, 0.25) is 0 Å². The number of aryl methyl sites for hydroxylation is 1. The summed E-state index contributed by atoms with van der Waals surface area (Å²) in [5.74, 6) is 2.11. The Kier molecular flexibility index (Phi) is 14.7. The van der Waals surface area contributed by atoms with E-state index < -0.39 is 0 Å². The van der Waals surface area contributed by atoms with Gasteiger partial charge in [0.05, 0.1) is 6.61 Å². The first-order valence-corrected chi connectivity index (χ1v) is 20.3. The molecule has 0 heterocycles. The lowest BCUT2D eigenvalue weighted by molar-refractivity contribution is 0.112. The minimum absolute atomic E-state index is 0.590. The van der Waals surface area contributed by atoms with E-state index in [1.807, 2.05) is 48.6 Å². The van der Waals surface area contributed by atoms with Gasteiger partial charge in [-0.25, -0.2) is 0 Å². The topological polar surface area (TPSA) is 29.5 Å². The molecule has 0 fully saturated rings. The Labute approximate surface area is 340 Å². The Bertz CT molecular complexity index is 2230. The number of hydrogen-bond donors (Lipinski definition) is 0. The molecule has 0 N–H and O–H groups in total. The van der Waals surface area contributed by atoms with Crippen LogP contribution < -0.4 is 9.64 Å². The number of ether oxygens (including phenoxy) is 1. The first-order valence-electron chi connectivity index (χ1n) is 20.3. The van der Waals surface area contributed by atoms with E-state index in [0.29, 0.717) is 18.1 Å². The minimum atomic E-state index is 0.590. The summed E-state index contributed by atoms with van der Waals surface area (Å²) in [6, 6.07) is 50.4. The van der Waals surface area contributed by atoms with Crippen LogP contribution in [0.1, 0.15) is 95.8 Å². The molecule has 288 valence electrons. The SMILES string of the molecule is Cc1ccc(N(c2ccc(/C=C/c3ccccc3)cc2)c2ccc(/C=C/c3cc(OCCC(C)CCCC(C)C)c(/C=C/c4ccccc4)cc3C=O)cc2)cc1. The molecule has 0 saturated carbocycles. The first-order chi connectivity index (χ1) is 27.8. The molecule has 6 aromatic carbocycles. The Balaban J connectivity index is 1.23. The van der Waals surface area contributed by atoms with Gasteiger partial charge >= 0.3 is 0 Å². The van der Waals surface area contributed by atoms with Crippen molar-refractivity contribution in [2.45, 2.75) is 53.4 Å². The van der Waals surface area contributed by atoms with Crippen LogP contribution in [0, 0.1) is 18.8 Å². The van der Waals surface area contributed by atoms with Crippen LogP contribution in [0.2, 0.25) is 0 Å². The molecular weight excluding hydrogens is 695 g/mol. The Hall–Kier alpha value is -6.19. The maximum Gasteiger partial charge on any atom is 0.150 e. The van der Waals surface area contributed by atoms with Crippen molar-refractivity contribution in [1.29, 1.82) is 0 Å². The van der Waals surface area contributed by atoms with Gasteiger partial charge in [-0.15, -0.1) is 0 Å². The van der Waals surface area contributed by atoms with E-state index in [1.165, 1.54) is 30.4 Å². The number of anilines is 3. The molecule has 0 radical (unpaired) electrons. The number of aldehydes is 1. The lowest BCUT2D eigenvalue weighted by Crippen LogP contribution is -2.09. The highest BCUT2D eigenvalue weighted by atomic mass is 16.5. The minimum Gasteiger partial charge on any atom is -0.493 e. The number of benzene rings is 6. The highest BCUT2D eigenvalue weighted by Gasteiger charge is 2.13. The van der Waals surface area contributed by atoms with Gasteiger partial charge in [-0.2, -0.15) is 0 Å². The second-order valence-electron chi connectivity index (χ2n) is 15.4. The number of hydrogen-bond acceptors (Lipinski definition) is 3. The molecule has 0 aliphatic heterocycles. The maximum atomic E-state index is 12.5. The predicted octanol–water partition coefficient (Wildman–Crippen LogP) is 15.0. The van der Waals surface area contributed by atoms with E-state index in [9.17, 15) is 4.79 Å². The van der Waals surface area contributed by atoms with Gasteiger partial charge in [0.1, 0.15) is 5.75 Å². The lowest BCUT2D eigenvalue weighted by Gasteiger charge is -2.26. The molecular formula is C54H55NO2. The fourth-order valence-electron chi connectivity index (χ4n) is 6.82. The van der Waals surface area contributed by atoms with Gasteiger partial charge in [0, 0.05) is 28.2 Å². The van der Waals surface area contributed by atoms with Crippen molar-refractivity contribution in [2.75, 3.05) is 11.5 Å². The third-order valence-electron chi connectivity index (χ3n) is 10.3. The fraction of sp³-hybridized carbons (Fsp3) is 0.204. The van der Waals surface area contributed by atoms with Crippen LogP contribution in [0.3, 0.4) is 0 Å². The third-order valence-corrected chi connectivity index (χ3v) is 10.3. The number of rotatable bonds is 18. The van der Waals surface area contributed by atoms with E-state index in [4.69, 9.17) is 4.74 Å². The zero-order chi connectivity index (χ0) is 39.8. The Morgan fingerprint density at radius 3 is 1.49 bits per heavy atom. The highest BCUT2D eigenvalue weighted by Crippen LogP contribution is 2.35. The molecule has 0 aliphatic carbocycles. The second kappa shape index (κ2) is 20.6. The molecule has 3 nitrogen and oxygen atoms in total. The van der Waals surface area contributed by atoms with Crippen LogP contribution in [0.15, 0.2) is 146 Å². The normalized spacial score (nSPS) is 12.2. The number of carbonyl (C=O) groups excluding carboxylic acids is 1. The molecule has 0 aromatic heterocycles. The smallest absolute Gasteiger partial charge is 0.150 e. The molecule has 6 rings (SSSR count). The molecule has 3 heteroatoms. The van der Waals surface area contributed by atoms with Crippen molar-refractivity contribution < 1.29 is 9.53 Å². The van der Waals surface area contributed by atoms with Crippen molar-refractivity contribution in [3.05, 3.63) is 190 Å². The second-order valence-corrected chi connectivity index (χ2v) is 15.4. The summed E-state index contributed by atoms with van der Waals surface area (Å²) >= 11 is 0. The lowest BCUT2D eigenvalue weighted by atomic mass is 9.97. The van der Waals surface area contributed by atoms with Gasteiger partial charge in [-0.3, -0.25) is 4.79 Å². The molecule has 0 bridgehead atoms. The van der Waals surface area contributed by atoms with E-state index in [-0.39, 0.29) is 0 Å². The van der Waals surface area contributed by atoms with Crippen molar-refractivity contribution in [3.8, 4) is 5.75 Å². The molecule has 57 heavy (non-hydrogen) atoms. The summed E-state index contributed by atoms with van der Waals surface area (Å²) < 4.78 is 6.48. The average Bonchev–Trinajstić information content (AvgIpc) is 3.24. The zero-order valence-corrected chi connectivity index (χ0v) is 33.9. The van der Waals surface area contributed by atoms with Crippen LogP contribution in [0.25, 0.3) is 36.5 Å². The molecule has 1 unspecified atom stereocenters. The van der Waals surface area contributed by atoms with Gasteiger partial charge in [-0.1, -0.05) is 179 Å². The van der Waals surface area contributed by atoms with E-state index in [2.05, 4.69) is 166 Å². The molecule has 6 aromatic rings. The maximum absolute atomic E-state index is 12.5. The summed E-state index contributed by atoms with van der Waals surface area (Å²) in [7, 11) is 0. The fourth-order valence-corrected chi connectivity index (χ4v) is 6.82. The van der Waals surface area contributed by atoms with Crippen LogP contribution >= 0.6 is 0 Å². The van der Waals surface area contributed by atoms with Crippen molar-refractivity contribution in [3.63, 3.8) is 0 Å². The first kappa shape index (κ1) is 40.5. The standard InChI is InChI=1S/C54H55NO2/c1-41(2)12-11-13-42(3)36-37-57-54-39-48(50(40-56)38-49(54)29-23-45-16-9-6-10-17-45)28-22-47-26-34-53(35-27-47)55(51-30-18-43(4)19-31-51)52-32-24-46(25-33-52)21-20-44-14-7-5-8-15-44/h5-10,14-35,38-42H,11-13,36-37H2,1-4H3/b21-20+,28-22+,29-23+. The molecule has 0 aliphatic rings. The quantitative estimate of drug-likeness (QED) is 0.0647. The Morgan fingerprint density at radius 1 is 0.509 bits per heavy atom. The summed E-state index contributed by atoms with van der Waals surface area (Å²) in [5.41, 5.74) is 11.2. The highest BCUT2D eigenvalue weighted by molar-refractivity contribution is 5.88. The van der Waals surface area contributed by atoms with Crippen LogP contribution in [0.4, 0.5) is 17.1 Å². The van der Waals surface area contributed by atoms with Crippen molar-refractivity contribution in [2.24, 2.45) is 11.8 Å². The number of carbonyl (C=O) groups is 1. The summed E-state index contributed by atoms with van der Waals surface area (Å²) in [4.78, 5) is 14.7. The monoisotopic (exact) mass is 749 g/mol. The number of nitrogens with zero attached hydrogens (tertiary/aromatic N) is 1. The summed E-state index contributed by atoms with van der Waals surface area (Å²) in [6.45, 7) is 9.63. The van der Waals surface area contributed by atoms with Crippen LogP contribution in [-0.2, 0) is 0 Å². The zero-order valence-electron chi connectivity index (χ0n) is 33.9. The summed E-state index contributed by atoms with van der Waals surface area (Å²) in [5, 5.41) is 0. The molecule has 0 spiro atoms.